The summed E-state index contributed by atoms with van der Waals surface area (Å²) in [6.07, 6.45) is 3.30. The number of rotatable bonds is 4. The number of benzene rings is 2. The predicted octanol–water partition coefficient (Wildman–Crippen LogP) is 4.36. The molecule has 1 aliphatic carbocycles. The Bertz CT molecular complexity index is 641. The molecule has 114 valence electrons. The summed E-state index contributed by atoms with van der Waals surface area (Å²) in [7, 11) is 0. The minimum Gasteiger partial charge on any atom is -0.348 e. The van der Waals surface area contributed by atoms with E-state index in [1.807, 2.05) is 37.3 Å². The van der Waals surface area contributed by atoms with Crippen LogP contribution in [0.3, 0.4) is 0 Å². The fraction of sp³-hybridized carbons (Fsp3) is 0.316. The molecule has 1 N–H and O–H groups in total. The summed E-state index contributed by atoms with van der Waals surface area (Å²) >= 11 is 1.61. The molecule has 0 radical (unpaired) electrons. The van der Waals surface area contributed by atoms with Gasteiger partial charge in [0.15, 0.2) is 0 Å². The van der Waals surface area contributed by atoms with Crippen LogP contribution in [0.25, 0.3) is 0 Å². The highest BCUT2D eigenvalue weighted by molar-refractivity contribution is 8.00. The Labute approximate surface area is 136 Å². The first-order chi connectivity index (χ1) is 10.7. The van der Waals surface area contributed by atoms with Crippen molar-refractivity contribution in [3.63, 3.8) is 0 Å². The van der Waals surface area contributed by atoms with Gasteiger partial charge in [-0.25, -0.2) is 0 Å². The normalized spacial score (nSPS) is 18.3. The lowest BCUT2D eigenvalue weighted by atomic mass is 9.88. The Hall–Kier alpha value is -1.74. The largest absolute Gasteiger partial charge is 0.348 e. The van der Waals surface area contributed by atoms with Gasteiger partial charge >= 0.3 is 0 Å². The Morgan fingerprint density at radius 1 is 1.14 bits per heavy atom. The number of amides is 1. The number of carbonyl (C=O) groups excluding carboxylic acids is 1. The van der Waals surface area contributed by atoms with Crippen molar-refractivity contribution in [3.8, 4) is 0 Å². The number of nitrogens with one attached hydrogen (secondary N) is 1. The molecule has 0 spiro atoms. The molecule has 0 unspecified atom stereocenters. The first kappa shape index (κ1) is 15.2. The van der Waals surface area contributed by atoms with Gasteiger partial charge in [0.2, 0.25) is 5.91 Å². The molecule has 0 aliphatic heterocycles. The van der Waals surface area contributed by atoms with Crippen molar-refractivity contribution in [2.24, 2.45) is 0 Å². The molecule has 0 saturated heterocycles. The SMILES string of the molecule is C[C@@H](Sc1ccccc1)C(=O)N[C@@H]1CCCc2ccccc21. The second kappa shape index (κ2) is 7.01. The predicted molar refractivity (Wildman–Crippen MR) is 92.0 cm³/mol. The molecule has 0 bridgehead atoms. The van der Waals surface area contributed by atoms with Crippen molar-refractivity contribution in [1.29, 1.82) is 0 Å². The summed E-state index contributed by atoms with van der Waals surface area (Å²) in [6.45, 7) is 1.97. The average Bonchev–Trinajstić information content (AvgIpc) is 2.56. The molecule has 3 heteroatoms. The molecule has 0 saturated carbocycles. The van der Waals surface area contributed by atoms with Crippen molar-refractivity contribution < 1.29 is 4.79 Å². The van der Waals surface area contributed by atoms with Gasteiger partial charge in [0.1, 0.15) is 0 Å². The summed E-state index contributed by atoms with van der Waals surface area (Å²) in [4.78, 5) is 13.6. The van der Waals surface area contributed by atoms with Crippen LogP contribution in [0, 0.1) is 0 Å². The van der Waals surface area contributed by atoms with Gasteiger partial charge in [-0.3, -0.25) is 4.79 Å². The maximum absolute atomic E-state index is 12.5. The van der Waals surface area contributed by atoms with Crippen molar-refractivity contribution in [2.45, 2.75) is 42.4 Å². The van der Waals surface area contributed by atoms with E-state index in [0.29, 0.717) is 0 Å². The summed E-state index contributed by atoms with van der Waals surface area (Å²) in [5.74, 6) is 0.121. The molecule has 0 heterocycles. The van der Waals surface area contributed by atoms with Crippen LogP contribution in [0.5, 0.6) is 0 Å². The molecule has 22 heavy (non-hydrogen) atoms. The van der Waals surface area contributed by atoms with Gasteiger partial charge < -0.3 is 5.32 Å². The number of carbonyl (C=O) groups is 1. The van der Waals surface area contributed by atoms with Crippen molar-refractivity contribution in [2.75, 3.05) is 0 Å². The van der Waals surface area contributed by atoms with Gasteiger partial charge in [-0.15, -0.1) is 11.8 Å². The second-order valence-electron chi connectivity index (χ2n) is 5.73. The third-order valence-corrected chi connectivity index (χ3v) is 5.22. The smallest absolute Gasteiger partial charge is 0.233 e. The quantitative estimate of drug-likeness (QED) is 0.850. The Kier molecular flexibility index (Phi) is 4.84. The lowest BCUT2D eigenvalue weighted by Gasteiger charge is -2.27. The fourth-order valence-electron chi connectivity index (χ4n) is 2.95. The maximum atomic E-state index is 12.5. The van der Waals surface area contributed by atoms with Gasteiger partial charge in [-0.1, -0.05) is 42.5 Å². The zero-order chi connectivity index (χ0) is 15.4. The maximum Gasteiger partial charge on any atom is 0.233 e. The number of fused-ring (bicyclic) bond motifs is 1. The van der Waals surface area contributed by atoms with Gasteiger partial charge in [-0.2, -0.15) is 0 Å². The third kappa shape index (κ3) is 3.53. The zero-order valence-corrected chi connectivity index (χ0v) is 13.6. The van der Waals surface area contributed by atoms with Crippen LogP contribution in [-0.4, -0.2) is 11.2 Å². The van der Waals surface area contributed by atoms with Crippen molar-refractivity contribution >= 4 is 17.7 Å². The fourth-order valence-corrected chi connectivity index (χ4v) is 3.85. The summed E-state index contributed by atoms with van der Waals surface area (Å²) in [5, 5.41) is 3.15. The van der Waals surface area contributed by atoms with Crippen LogP contribution < -0.4 is 5.32 Å². The van der Waals surface area contributed by atoms with Gasteiger partial charge in [-0.05, 0) is 49.4 Å². The van der Waals surface area contributed by atoms with Crippen LogP contribution in [0.4, 0.5) is 0 Å². The third-order valence-electron chi connectivity index (χ3n) is 4.11. The molecule has 0 aromatic heterocycles. The molecular weight excluding hydrogens is 290 g/mol. The highest BCUT2D eigenvalue weighted by Gasteiger charge is 2.23. The Morgan fingerprint density at radius 2 is 1.86 bits per heavy atom. The van der Waals surface area contributed by atoms with Gasteiger partial charge in [0, 0.05) is 4.90 Å². The van der Waals surface area contributed by atoms with Crippen LogP contribution in [-0.2, 0) is 11.2 Å². The van der Waals surface area contributed by atoms with Gasteiger partial charge in [0.25, 0.3) is 0 Å². The van der Waals surface area contributed by atoms with E-state index in [4.69, 9.17) is 0 Å². The van der Waals surface area contributed by atoms with E-state index in [2.05, 4.69) is 29.6 Å². The van der Waals surface area contributed by atoms with E-state index in [1.54, 1.807) is 11.8 Å². The number of hydrogen-bond donors (Lipinski definition) is 1. The number of aryl methyl sites for hydroxylation is 1. The highest BCUT2D eigenvalue weighted by atomic mass is 32.2. The average molecular weight is 311 g/mol. The van der Waals surface area contributed by atoms with E-state index in [-0.39, 0.29) is 17.2 Å². The summed E-state index contributed by atoms with van der Waals surface area (Å²) in [6, 6.07) is 18.7. The lowest BCUT2D eigenvalue weighted by Crippen LogP contribution is -2.35. The van der Waals surface area contributed by atoms with Crippen LogP contribution in [0.15, 0.2) is 59.5 Å². The Balaban J connectivity index is 1.65. The molecule has 2 nitrogen and oxygen atoms in total. The van der Waals surface area contributed by atoms with Gasteiger partial charge in [0.05, 0.1) is 11.3 Å². The first-order valence-corrected chi connectivity index (χ1v) is 8.72. The molecular formula is C19H21NOS. The minimum atomic E-state index is -0.0866. The lowest BCUT2D eigenvalue weighted by molar-refractivity contribution is -0.121. The first-order valence-electron chi connectivity index (χ1n) is 7.84. The van der Waals surface area contributed by atoms with Crippen molar-refractivity contribution in [1.82, 2.24) is 5.32 Å². The molecule has 2 atom stereocenters. The van der Waals surface area contributed by atoms with Crippen LogP contribution in [0.1, 0.15) is 36.9 Å². The van der Waals surface area contributed by atoms with E-state index in [1.165, 1.54) is 11.1 Å². The minimum absolute atomic E-state index is 0.0866. The second-order valence-corrected chi connectivity index (χ2v) is 7.14. The topological polar surface area (TPSA) is 29.1 Å². The van der Waals surface area contributed by atoms with E-state index in [0.717, 1.165) is 24.2 Å². The van der Waals surface area contributed by atoms with Crippen molar-refractivity contribution in [3.05, 3.63) is 65.7 Å². The molecule has 1 amide bonds. The molecule has 2 aromatic carbocycles. The summed E-state index contributed by atoms with van der Waals surface area (Å²) < 4.78 is 0. The van der Waals surface area contributed by atoms with E-state index >= 15 is 0 Å². The number of hydrogen-bond acceptors (Lipinski definition) is 2. The number of thioether (sulfide) groups is 1. The Morgan fingerprint density at radius 3 is 2.68 bits per heavy atom. The molecule has 2 aromatic rings. The highest BCUT2D eigenvalue weighted by Crippen LogP contribution is 2.30. The van der Waals surface area contributed by atoms with Crippen LogP contribution in [0.2, 0.25) is 0 Å². The molecule has 1 aliphatic rings. The van der Waals surface area contributed by atoms with Crippen LogP contribution >= 0.6 is 11.8 Å². The monoisotopic (exact) mass is 311 g/mol. The molecule has 0 fully saturated rings. The molecule has 3 rings (SSSR count). The zero-order valence-electron chi connectivity index (χ0n) is 12.8. The summed E-state index contributed by atoms with van der Waals surface area (Å²) in [5.41, 5.74) is 2.67. The standard InChI is InChI=1S/C19H21NOS/c1-14(22-16-10-3-2-4-11-16)19(21)20-18-13-7-9-15-8-5-6-12-17(15)18/h2-6,8,10-12,14,18H,7,9,13H2,1H3,(H,20,21)/t14-,18-/m1/s1. The van der Waals surface area contributed by atoms with E-state index < -0.39 is 0 Å². The van der Waals surface area contributed by atoms with E-state index in [9.17, 15) is 4.79 Å².